The molecule has 3 atom stereocenters. The van der Waals surface area contributed by atoms with Crippen LogP contribution in [0.5, 0.6) is 0 Å². The second kappa shape index (κ2) is 12.6. The van der Waals surface area contributed by atoms with Crippen LogP contribution in [-0.4, -0.2) is 47.9 Å². The second-order valence-electron chi connectivity index (χ2n) is 8.62. The average molecular weight is 457 g/mol. The molecule has 1 aliphatic rings. The molecule has 0 amide bonds. The number of aliphatic hydroxyl groups is 2. The molecule has 0 bridgehead atoms. The summed E-state index contributed by atoms with van der Waals surface area (Å²) in [7, 11) is 1.74. The standard InChI is InChI=1S/C24H34O5S.Na/c1-15-10-16(6-9-22(15)30-5)20-13-19(29-4)14-24(2,3)21(20)8-7-17(25)11-18(26)12-23(27)28;/h6-10,17-19,25-26H,11-14H2,1-5H3,(H,27,28);/q;+1/p-1/b8-7+;. The van der Waals surface area contributed by atoms with Crippen molar-refractivity contribution in [1.82, 2.24) is 0 Å². The Morgan fingerprint density at radius 1 is 1.39 bits per heavy atom. The third kappa shape index (κ3) is 8.04. The van der Waals surface area contributed by atoms with Crippen LogP contribution in [0.2, 0.25) is 0 Å². The zero-order chi connectivity index (χ0) is 22.5. The van der Waals surface area contributed by atoms with Crippen LogP contribution in [0.25, 0.3) is 5.57 Å². The van der Waals surface area contributed by atoms with Crippen molar-refractivity contribution in [1.29, 1.82) is 0 Å². The fourth-order valence-electron chi connectivity index (χ4n) is 4.17. The molecule has 0 aliphatic heterocycles. The van der Waals surface area contributed by atoms with Crippen LogP contribution in [-0.2, 0) is 9.53 Å². The fraction of sp³-hybridized carbons (Fsp3) is 0.542. The van der Waals surface area contributed by atoms with Crippen LogP contribution in [0, 0.1) is 12.3 Å². The Labute approximate surface area is 212 Å². The van der Waals surface area contributed by atoms with E-state index in [-0.39, 0.29) is 47.5 Å². The molecule has 1 aliphatic carbocycles. The van der Waals surface area contributed by atoms with Gasteiger partial charge >= 0.3 is 29.6 Å². The Hall–Kier alpha value is -0.600. The molecule has 0 heterocycles. The summed E-state index contributed by atoms with van der Waals surface area (Å²) in [6.07, 6.45) is 4.78. The third-order valence-corrected chi connectivity index (χ3v) is 6.60. The number of thioether (sulfide) groups is 1. The summed E-state index contributed by atoms with van der Waals surface area (Å²) in [4.78, 5) is 11.9. The van der Waals surface area contributed by atoms with Crippen molar-refractivity contribution < 1.29 is 54.4 Å². The van der Waals surface area contributed by atoms with Gasteiger partial charge in [0.05, 0.1) is 18.3 Å². The number of methoxy groups -OCH3 is 1. The molecule has 2 N–H and O–H groups in total. The van der Waals surface area contributed by atoms with Gasteiger partial charge in [0.15, 0.2) is 0 Å². The number of hydrogen-bond donors (Lipinski definition) is 2. The number of hydrogen-bond acceptors (Lipinski definition) is 6. The molecule has 31 heavy (non-hydrogen) atoms. The van der Waals surface area contributed by atoms with Crippen molar-refractivity contribution >= 4 is 23.3 Å². The Kier molecular flexibility index (Phi) is 11.5. The molecular weight excluding hydrogens is 423 g/mol. The van der Waals surface area contributed by atoms with Gasteiger partial charge in [-0.05, 0) is 59.8 Å². The first-order valence-corrected chi connectivity index (χ1v) is 11.5. The first-order valence-electron chi connectivity index (χ1n) is 10.2. The molecule has 2 rings (SSSR count). The smallest absolute Gasteiger partial charge is 0.550 e. The first-order chi connectivity index (χ1) is 14.1. The van der Waals surface area contributed by atoms with Crippen LogP contribution in [0.1, 0.15) is 50.7 Å². The predicted molar refractivity (Wildman–Crippen MR) is 119 cm³/mol. The van der Waals surface area contributed by atoms with E-state index < -0.39 is 24.6 Å². The molecule has 0 saturated heterocycles. The quantitative estimate of drug-likeness (QED) is 0.405. The number of aliphatic carboxylic acids is 1. The van der Waals surface area contributed by atoms with Gasteiger partial charge in [0.1, 0.15) is 0 Å². The summed E-state index contributed by atoms with van der Waals surface area (Å²) in [6.45, 7) is 6.44. The number of allylic oxidation sites excluding steroid dienone is 2. The minimum Gasteiger partial charge on any atom is -0.550 e. The van der Waals surface area contributed by atoms with Crippen LogP contribution in [0.15, 0.2) is 40.8 Å². The number of ether oxygens (including phenoxy) is 1. The largest absolute Gasteiger partial charge is 1.00 e. The van der Waals surface area contributed by atoms with E-state index in [4.69, 9.17) is 4.74 Å². The normalized spacial score (nSPS) is 20.4. The van der Waals surface area contributed by atoms with E-state index in [0.717, 1.165) is 24.0 Å². The Morgan fingerprint density at radius 3 is 2.61 bits per heavy atom. The van der Waals surface area contributed by atoms with Crippen LogP contribution < -0.4 is 34.7 Å². The molecular formula is C24H33NaO5S. The molecule has 0 fully saturated rings. The maximum absolute atomic E-state index is 10.6. The zero-order valence-electron chi connectivity index (χ0n) is 19.5. The Bertz CT molecular complexity index is 818. The van der Waals surface area contributed by atoms with Gasteiger partial charge in [0.25, 0.3) is 0 Å². The maximum atomic E-state index is 10.6. The number of carboxylic acid groups (broad SMARTS) is 1. The molecule has 166 valence electrons. The van der Waals surface area contributed by atoms with E-state index >= 15 is 0 Å². The van der Waals surface area contributed by atoms with Crippen LogP contribution in [0.4, 0.5) is 0 Å². The van der Waals surface area contributed by atoms with Crippen molar-refractivity contribution in [2.24, 2.45) is 5.41 Å². The topological polar surface area (TPSA) is 89.8 Å². The van der Waals surface area contributed by atoms with Gasteiger partial charge in [0, 0.05) is 30.8 Å². The van der Waals surface area contributed by atoms with Gasteiger partial charge < -0.3 is 24.9 Å². The van der Waals surface area contributed by atoms with E-state index in [0.29, 0.717) is 0 Å². The van der Waals surface area contributed by atoms with E-state index in [2.05, 4.69) is 45.2 Å². The minimum absolute atomic E-state index is 0. The van der Waals surface area contributed by atoms with Crippen molar-refractivity contribution in [2.75, 3.05) is 13.4 Å². The number of aliphatic hydroxyl groups excluding tert-OH is 2. The van der Waals surface area contributed by atoms with Gasteiger partial charge in [-0.3, -0.25) is 0 Å². The molecule has 3 unspecified atom stereocenters. The van der Waals surface area contributed by atoms with Crippen molar-refractivity contribution in [3.05, 3.63) is 47.1 Å². The predicted octanol–water partition coefficient (Wildman–Crippen LogP) is 0.118. The SMILES string of the molecule is COC1CC(c2ccc(SC)c(C)c2)=C(/C=C/C(O)CC(O)CC(=O)[O-])C(C)(C)C1.[Na+]. The zero-order valence-corrected chi connectivity index (χ0v) is 22.3. The van der Waals surface area contributed by atoms with Gasteiger partial charge in [-0.25, -0.2) is 0 Å². The van der Waals surface area contributed by atoms with E-state index in [1.54, 1.807) is 24.9 Å². The van der Waals surface area contributed by atoms with Gasteiger partial charge in [0.2, 0.25) is 0 Å². The van der Waals surface area contributed by atoms with Gasteiger partial charge in [-0.1, -0.05) is 38.1 Å². The van der Waals surface area contributed by atoms with E-state index in [1.165, 1.54) is 16.0 Å². The molecule has 0 saturated carbocycles. The van der Waals surface area contributed by atoms with Gasteiger partial charge in [-0.2, -0.15) is 0 Å². The summed E-state index contributed by atoms with van der Waals surface area (Å²) >= 11 is 1.72. The monoisotopic (exact) mass is 456 g/mol. The molecule has 1 aromatic rings. The maximum Gasteiger partial charge on any atom is 1.00 e. The van der Waals surface area contributed by atoms with E-state index in [1.807, 2.05) is 6.08 Å². The van der Waals surface area contributed by atoms with Crippen molar-refractivity contribution in [3.63, 3.8) is 0 Å². The number of carbonyl (C=O) groups is 1. The van der Waals surface area contributed by atoms with Crippen LogP contribution in [0.3, 0.4) is 0 Å². The summed E-state index contributed by atoms with van der Waals surface area (Å²) in [6, 6.07) is 6.47. The molecule has 5 nitrogen and oxygen atoms in total. The summed E-state index contributed by atoms with van der Waals surface area (Å²) in [5.74, 6) is -1.33. The first kappa shape index (κ1) is 28.4. The number of benzene rings is 1. The fourth-order valence-corrected chi connectivity index (χ4v) is 4.76. The van der Waals surface area contributed by atoms with Crippen LogP contribution >= 0.6 is 11.8 Å². The van der Waals surface area contributed by atoms with E-state index in [9.17, 15) is 20.1 Å². The van der Waals surface area contributed by atoms with Crippen molar-refractivity contribution in [3.8, 4) is 0 Å². The summed E-state index contributed by atoms with van der Waals surface area (Å²) < 4.78 is 5.71. The number of rotatable bonds is 9. The molecule has 7 heteroatoms. The minimum atomic E-state index is -1.33. The molecule has 1 aromatic carbocycles. The number of aryl methyl sites for hydroxylation is 1. The van der Waals surface area contributed by atoms with Crippen molar-refractivity contribution in [2.45, 2.75) is 69.7 Å². The summed E-state index contributed by atoms with van der Waals surface area (Å²) in [5.41, 5.74) is 4.51. The molecule has 0 aromatic heterocycles. The molecule has 0 spiro atoms. The molecule has 0 radical (unpaired) electrons. The Balaban J connectivity index is 0.00000480. The Morgan fingerprint density at radius 2 is 2.06 bits per heavy atom. The second-order valence-corrected chi connectivity index (χ2v) is 9.47. The average Bonchev–Trinajstić information content (AvgIpc) is 2.64. The van der Waals surface area contributed by atoms with Gasteiger partial charge in [-0.15, -0.1) is 11.8 Å². The summed E-state index contributed by atoms with van der Waals surface area (Å²) in [5, 5.41) is 30.7. The number of carboxylic acids is 1. The third-order valence-electron chi connectivity index (χ3n) is 5.70. The number of carbonyl (C=O) groups excluding carboxylic acids is 1.